The molecule has 6 nitrogen and oxygen atoms in total. The van der Waals surface area contributed by atoms with Gasteiger partial charge in [0.25, 0.3) is 5.56 Å². The van der Waals surface area contributed by atoms with Gasteiger partial charge < -0.3 is 9.72 Å². The zero-order chi connectivity index (χ0) is 16.4. The van der Waals surface area contributed by atoms with Gasteiger partial charge in [-0.2, -0.15) is 0 Å². The maximum Gasteiger partial charge on any atom is 0.257 e. The molecule has 2 aromatic heterocycles. The molecule has 3 heterocycles. The molecule has 23 heavy (non-hydrogen) atoms. The lowest BCUT2D eigenvalue weighted by atomic mass is 10.2. The molecule has 1 N–H and O–H groups in total. The molecule has 2 aromatic rings. The fourth-order valence-electron chi connectivity index (χ4n) is 2.32. The van der Waals surface area contributed by atoms with Gasteiger partial charge in [0.2, 0.25) is 0 Å². The number of H-pyrrole nitrogens is 1. The van der Waals surface area contributed by atoms with Crippen molar-refractivity contribution < 1.29 is 8.95 Å². The van der Waals surface area contributed by atoms with Crippen molar-refractivity contribution in [3.8, 4) is 0 Å². The minimum Gasteiger partial charge on any atom is -0.370 e. The van der Waals surface area contributed by atoms with E-state index in [9.17, 15) is 9.00 Å². The summed E-state index contributed by atoms with van der Waals surface area (Å²) in [5.41, 5.74) is 3.15. The van der Waals surface area contributed by atoms with Gasteiger partial charge in [-0.3, -0.25) is 9.00 Å². The van der Waals surface area contributed by atoms with Crippen LogP contribution in [0.25, 0.3) is 0 Å². The lowest BCUT2D eigenvalue weighted by molar-refractivity contribution is 0.132. The van der Waals surface area contributed by atoms with Crippen molar-refractivity contribution in [1.82, 2.24) is 15.0 Å². The summed E-state index contributed by atoms with van der Waals surface area (Å²) in [5.74, 6) is 1.09. The highest BCUT2D eigenvalue weighted by atomic mass is 32.2. The minimum absolute atomic E-state index is 0.143. The third-order valence-corrected chi connectivity index (χ3v) is 5.85. The second kappa shape index (κ2) is 6.94. The molecular weight excluding hydrogens is 334 g/mol. The zero-order valence-electron chi connectivity index (χ0n) is 12.9. The van der Waals surface area contributed by atoms with Gasteiger partial charge >= 0.3 is 0 Å². The van der Waals surface area contributed by atoms with Crippen LogP contribution < -0.4 is 5.56 Å². The number of pyridine rings is 1. The van der Waals surface area contributed by atoms with E-state index in [0.717, 1.165) is 11.1 Å². The third kappa shape index (κ3) is 3.39. The summed E-state index contributed by atoms with van der Waals surface area (Å²) < 4.78 is 17.4. The summed E-state index contributed by atoms with van der Waals surface area (Å²) in [4.78, 5) is 23.5. The Morgan fingerprint density at radius 1 is 1.43 bits per heavy atom. The van der Waals surface area contributed by atoms with E-state index in [1.165, 1.54) is 11.8 Å². The standard InChI is InChI=1S/C15H17N3O3S2/c1-3-23(20)14-11(9(2)4-5-16-14)8-22-15-17-12-7-21-6-10(12)13(19)18-15/h4-5H,3,6-8H2,1-2H3,(H,17,18,19). The first-order valence-electron chi connectivity index (χ1n) is 7.25. The quantitative estimate of drug-likeness (QED) is 0.654. The molecule has 1 atom stereocenters. The number of thioether (sulfide) groups is 1. The Kier molecular flexibility index (Phi) is 4.93. The predicted octanol–water partition coefficient (Wildman–Crippen LogP) is 1.92. The van der Waals surface area contributed by atoms with Crippen molar-refractivity contribution >= 4 is 22.6 Å². The zero-order valence-corrected chi connectivity index (χ0v) is 14.6. The van der Waals surface area contributed by atoms with E-state index < -0.39 is 10.8 Å². The highest BCUT2D eigenvalue weighted by Gasteiger charge is 2.19. The summed E-state index contributed by atoms with van der Waals surface area (Å²) in [7, 11) is -1.11. The minimum atomic E-state index is -1.11. The van der Waals surface area contributed by atoms with Crippen molar-refractivity contribution in [2.75, 3.05) is 5.75 Å². The van der Waals surface area contributed by atoms with Gasteiger partial charge in [0, 0.05) is 23.3 Å². The molecule has 1 aliphatic heterocycles. The number of hydrogen-bond acceptors (Lipinski definition) is 6. The molecule has 0 fully saturated rings. The van der Waals surface area contributed by atoms with E-state index in [-0.39, 0.29) is 5.56 Å². The lowest BCUT2D eigenvalue weighted by Crippen LogP contribution is -2.15. The Labute approximate surface area is 140 Å². The van der Waals surface area contributed by atoms with E-state index in [4.69, 9.17) is 4.74 Å². The van der Waals surface area contributed by atoms with Crippen LogP contribution in [-0.2, 0) is 34.5 Å². The first-order chi connectivity index (χ1) is 11.1. The molecule has 122 valence electrons. The van der Waals surface area contributed by atoms with Gasteiger partial charge in [-0.25, -0.2) is 9.97 Å². The fourth-order valence-corrected chi connectivity index (χ4v) is 4.36. The first-order valence-corrected chi connectivity index (χ1v) is 9.56. The lowest BCUT2D eigenvalue weighted by Gasteiger charge is -2.10. The molecule has 0 amide bonds. The Hall–Kier alpha value is -1.51. The number of aromatic nitrogens is 3. The van der Waals surface area contributed by atoms with Crippen molar-refractivity contribution in [2.45, 2.75) is 43.0 Å². The average molecular weight is 351 g/mol. The van der Waals surface area contributed by atoms with Gasteiger partial charge in [-0.15, -0.1) is 0 Å². The first kappa shape index (κ1) is 16.4. The number of nitrogens with zero attached hydrogens (tertiary/aromatic N) is 2. The molecule has 0 aromatic carbocycles. The summed E-state index contributed by atoms with van der Waals surface area (Å²) >= 11 is 1.41. The fraction of sp³-hybridized carbons (Fsp3) is 0.400. The topological polar surface area (TPSA) is 84.9 Å². The number of rotatable bonds is 5. The molecular formula is C15H17N3O3S2. The summed E-state index contributed by atoms with van der Waals surface area (Å²) in [5, 5.41) is 1.17. The number of aryl methyl sites for hydroxylation is 1. The van der Waals surface area contributed by atoms with Crippen LogP contribution in [0.1, 0.15) is 29.3 Å². The molecule has 3 rings (SSSR count). The number of hydrogen-bond donors (Lipinski definition) is 1. The van der Waals surface area contributed by atoms with Crippen LogP contribution in [0, 0.1) is 6.92 Å². The normalized spacial score (nSPS) is 14.7. The van der Waals surface area contributed by atoms with Gasteiger partial charge in [-0.1, -0.05) is 18.7 Å². The van der Waals surface area contributed by atoms with E-state index in [0.29, 0.717) is 46.2 Å². The molecule has 0 radical (unpaired) electrons. The van der Waals surface area contributed by atoms with Gasteiger partial charge in [0.15, 0.2) is 5.16 Å². The maximum absolute atomic E-state index is 12.2. The Morgan fingerprint density at radius 2 is 2.26 bits per heavy atom. The molecule has 8 heteroatoms. The van der Waals surface area contributed by atoms with Gasteiger partial charge in [0.05, 0.1) is 35.3 Å². The van der Waals surface area contributed by atoms with Crippen molar-refractivity contribution in [3.05, 3.63) is 45.0 Å². The Balaban J connectivity index is 1.86. The highest BCUT2D eigenvalue weighted by molar-refractivity contribution is 7.98. The summed E-state index contributed by atoms with van der Waals surface area (Å²) in [6, 6.07) is 1.90. The number of aromatic amines is 1. The largest absolute Gasteiger partial charge is 0.370 e. The van der Waals surface area contributed by atoms with Crippen LogP contribution in [0.15, 0.2) is 27.2 Å². The monoisotopic (exact) mass is 351 g/mol. The smallest absolute Gasteiger partial charge is 0.257 e. The van der Waals surface area contributed by atoms with Crippen LogP contribution >= 0.6 is 11.8 Å². The molecule has 1 unspecified atom stereocenters. The molecule has 0 bridgehead atoms. The molecule has 0 aliphatic carbocycles. The molecule has 0 saturated heterocycles. The summed E-state index contributed by atoms with van der Waals surface area (Å²) in [6.45, 7) is 4.55. The van der Waals surface area contributed by atoms with Gasteiger partial charge in [0.1, 0.15) is 5.03 Å². The predicted molar refractivity (Wildman–Crippen MR) is 88.8 cm³/mol. The second-order valence-corrected chi connectivity index (χ2v) is 7.74. The van der Waals surface area contributed by atoms with Crippen molar-refractivity contribution in [2.24, 2.45) is 0 Å². The summed E-state index contributed by atoms with van der Waals surface area (Å²) in [6.07, 6.45) is 1.68. The van der Waals surface area contributed by atoms with E-state index >= 15 is 0 Å². The van der Waals surface area contributed by atoms with Crippen LogP contribution in [0.4, 0.5) is 0 Å². The average Bonchev–Trinajstić information content (AvgIpc) is 3.02. The number of fused-ring (bicyclic) bond motifs is 1. The Bertz CT molecular complexity index is 820. The van der Waals surface area contributed by atoms with Crippen LogP contribution in [-0.4, -0.2) is 24.9 Å². The van der Waals surface area contributed by atoms with Crippen LogP contribution in [0.3, 0.4) is 0 Å². The van der Waals surface area contributed by atoms with E-state index in [2.05, 4.69) is 15.0 Å². The Morgan fingerprint density at radius 3 is 3.04 bits per heavy atom. The van der Waals surface area contributed by atoms with Crippen LogP contribution in [0.5, 0.6) is 0 Å². The molecule has 1 aliphatic rings. The SMILES string of the molecule is CCS(=O)c1nccc(C)c1CSc1nc2c(c(=O)[nH]1)COC2. The van der Waals surface area contributed by atoms with Crippen molar-refractivity contribution in [1.29, 1.82) is 0 Å². The number of nitrogens with one attached hydrogen (secondary N) is 1. The highest BCUT2D eigenvalue weighted by Crippen LogP contribution is 2.26. The van der Waals surface area contributed by atoms with Gasteiger partial charge in [-0.05, 0) is 18.6 Å². The second-order valence-electron chi connectivity index (χ2n) is 5.12. The molecule has 0 saturated carbocycles. The van der Waals surface area contributed by atoms with Crippen molar-refractivity contribution in [3.63, 3.8) is 0 Å². The van der Waals surface area contributed by atoms with Crippen LogP contribution in [0.2, 0.25) is 0 Å². The third-order valence-electron chi connectivity index (χ3n) is 3.65. The molecule has 0 spiro atoms. The maximum atomic E-state index is 12.2. The van der Waals surface area contributed by atoms with E-state index in [1.54, 1.807) is 6.20 Å². The van der Waals surface area contributed by atoms with E-state index in [1.807, 2.05) is 19.9 Å². The number of ether oxygens (including phenoxy) is 1.